The first kappa shape index (κ1) is 25.7. The standard InChI is InChI=1S/C25H34FN3O5/c1-17(12-29(18(2)15-30)25(31)27-21-8-6-20(26)7-9-21)24(32-4)14-28(3)13-19-5-10-22-23(11-19)34-16-33-22/h5-11,17-18,24,30H,12-16H2,1-4H3,(H,27,31)/t17-,18-,24-/m1/s1. The van der Waals surface area contributed by atoms with Crippen LogP contribution in [-0.2, 0) is 11.3 Å². The van der Waals surface area contributed by atoms with Gasteiger partial charge in [-0.25, -0.2) is 9.18 Å². The molecule has 0 aromatic heterocycles. The topological polar surface area (TPSA) is 83.5 Å². The van der Waals surface area contributed by atoms with Gasteiger partial charge in [-0.1, -0.05) is 13.0 Å². The zero-order chi connectivity index (χ0) is 24.7. The van der Waals surface area contributed by atoms with Crippen molar-refractivity contribution in [2.24, 2.45) is 5.92 Å². The lowest BCUT2D eigenvalue weighted by atomic mass is 10.0. The number of nitrogens with zero attached hydrogens (tertiary/aromatic N) is 2. The fourth-order valence-electron chi connectivity index (χ4n) is 3.93. The zero-order valence-corrected chi connectivity index (χ0v) is 20.2. The van der Waals surface area contributed by atoms with Crippen LogP contribution in [0.3, 0.4) is 0 Å². The number of rotatable bonds is 11. The summed E-state index contributed by atoms with van der Waals surface area (Å²) in [4.78, 5) is 16.7. The van der Waals surface area contributed by atoms with Crippen LogP contribution in [0.15, 0.2) is 42.5 Å². The van der Waals surface area contributed by atoms with Gasteiger partial charge in [-0.15, -0.1) is 0 Å². The summed E-state index contributed by atoms with van der Waals surface area (Å²) in [6, 6.07) is 10.7. The van der Waals surface area contributed by atoms with E-state index in [0.717, 1.165) is 17.1 Å². The summed E-state index contributed by atoms with van der Waals surface area (Å²) < 4.78 is 29.8. The third-order valence-electron chi connectivity index (χ3n) is 5.96. The van der Waals surface area contributed by atoms with Gasteiger partial charge < -0.3 is 29.5 Å². The molecule has 2 amide bonds. The Morgan fingerprint density at radius 2 is 1.85 bits per heavy atom. The number of benzene rings is 2. The van der Waals surface area contributed by atoms with E-state index in [0.29, 0.717) is 25.3 Å². The van der Waals surface area contributed by atoms with Crippen LogP contribution in [0, 0.1) is 11.7 Å². The van der Waals surface area contributed by atoms with E-state index in [9.17, 15) is 14.3 Å². The van der Waals surface area contributed by atoms with Crippen molar-refractivity contribution in [3.8, 4) is 11.5 Å². The number of hydrogen-bond donors (Lipinski definition) is 2. The minimum atomic E-state index is -0.397. The van der Waals surface area contributed by atoms with Gasteiger partial charge >= 0.3 is 6.03 Å². The van der Waals surface area contributed by atoms with Gasteiger partial charge in [0.05, 0.1) is 18.8 Å². The first-order valence-corrected chi connectivity index (χ1v) is 11.3. The van der Waals surface area contributed by atoms with E-state index in [1.165, 1.54) is 24.3 Å². The Balaban J connectivity index is 1.59. The molecule has 0 saturated heterocycles. The maximum Gasteiger partial charge on any atom is 0.322 e. The number of urea groups is 1. The van der Waals surface area contributed by atoms with Crippen LogP contribution in [0.5, 0.6) is 11.5 Å². The second-order valence-electron chi connectivity index (χ2n) is 8.76. The first-order valence-electron chi connectivity index (χ1n) is 11.3. The predicted molar refractivity (Wildman–Crippen MR) is 128 cm³/mol. The van der Waals surface area contributed by atoms with Gasteiger partial charge in [-0.05, 0) is 55.9 Å². The molecular weight excluding hydrogens is 441 g/mol. The van der Waals surface area contributed by atoms with Gasteiger partial charge in [-0.2, -0.15) is 0 Å². The summed E-state index contributed by atoms with van der Waals surface area (Å²) in [7, 11) is 3.67. The normalized spacial score (nSPS) is 15.1. The highest BCUT2D eigenvalue weighted by molar-refractivity contribution is 5.89. The third-order valence-corrected chi connectivity index (χ3v) is 5.96. The van der Waals surface area contributed by atoms with E-state index in [1.54, 1.807) is 18.9 Å². The first-order chi connectivity index (χ1) is 16.3. The van der Waals surface area contributed by atoms with Gasteiger partial charge in [0.15, 0.2) is 11.5 Å². The Hall–Kier alpha value is -2.88. The smallest absolute Gasteiger partial charge is 0.322 e. The number of aliphatic hydroxyl groups is 1. The monoisotopic (exact) mass is 475 g/mol. The van der Waals surface area contributed by atoms with Gasteiger partial charge in [-0.3, -0.25) is 4.90 Å². The van der Waals surface area contributed by atoms with E-state index >= 15 is 0 Å². The molecule has 0 spiro atoms. The number of carbonyl (C=O) groups excluding carboxylic acids is 1. The molecule has 0 aliphatic carbocycles. The van der Waals surface area contributed by atoms with Crippen molar-refractivity contribution >= 4 is 11.7 Å². The van der Waals surface area contributed by atoms with Crippen LogP contribution in [0.1, 0.15) is 19.4 Å². The van der Waals surface area contributed by atoms with Crippen LogP contribution in [-0.4, -0.2) is 73.7 Å². The second kappa shape index (κ2) is 12.0. The second-order valence-corrected chi connectivity index (χ2v) is 8.76. The van der Waals surface area contributed by atoms with Crippen molar-refractivity contribution in [2.45, 2.75) is 32.5 Å². The molecule has 0 fully saturated rings. The van der Waals surface area contributed by atoms with Crippen LogP contribution >= 0.6 is 0 Å². The van der Waals surface area contributed by atoms with Crippen molar-refractivity contribution in [1.29, 1.82) is 0 Å². The van der Waals surface area contributed by atoms with E-state index in [1.807, 2.05) is 32.2 Å². The summed E-state index contributed by atoms with van der Waals surface area (Å²) in [5.41, 5.74) is 1.59. The van der Waals surface area contributed by atoms with Crippen molar-refractivity contribution < 1.29 is 28.5 Å². The van der Waals surface area contributed by atoms with Gasteiger partial charge in [0, 0.05) is 38.3 Å². The number of fused-ring (bicyclic) bond motifs is 1. The number of aliphatic hydroxyl groups excluding tert-OH is 1. The van der Waals surface area contributed by atoms with Gasteiger partial charge in [0.2, 0.25) is 6.79 Å². The molecule has 9 heteroatoms. The maximum atomic E-state index is 13.2. The SMILES string of the molecule is CO[C@H](CN(C)Cc1ccc2c(c1)OCO2)[C@H](C)CN(C(=O)Nc1ccc(F)cc1)[C@H](C)CO. The number of anilines is 1. The molecule has 0 saturated carbocycles. The molecule has 186 valence electrons. The molecule has 3 atom stereocenters. The third kappa shape index (κ3) is 6.82. The van der Waals surface area contributed by atoms with Crippen LogP contribution in [0.25, 0.3) is 0 Å². The quantitative estimate of drug-likeness (QED) is 0.517. The number of nitrogens with one attached hydrogen (secondary N) is 1. The number of ether oxygens (including phenoxy) is 3. The number of likely N-dealkylation sites (N-methyl/N-ethyl adjacent to an activating group) is 1. The lowest BCUT2D eigenvalue weighted by molar-refractivity contribution is 0.0177. The van der Waals surface area contributed by atoms with E-state index in [2.05, 4.69) is 10.2 Å². The molecule has 3 rings (SSSR count). The van der Waals surface area contributed by atoms with Crippen LogP contribution in [0.2, 0.25) is 0 Å². The molecule has 0 radical (unpaired) electrons. The Labute approximate surface area is 200 Å². The number of halogens is 1. The van der Waals surface area contributed by atoms with E-state index in [4.69, 9.17) is 14.2 Å². The summed E-state index contributed by atoms with van der Waals surface area (Å²) in [5, 5.41) is 12.5. The largest absolute Gasteiger partial charge is 0.454 e. The summed E-state index contributed by atoms with van der Waals surface area (Å²) in [5.74, 6) is 1.12. The Morgan fingerprint density at radius 1 is 1.15 bits per heavy atom. The van der Waals surface area contributed by atoms with E-state index < -0.39 is 6.04 Å². The maximum absolute atomic E-state index is 13.2. The van der Waals surface area contributed by atoms with Crippen molar-refractivity contribution in [3.05, 3.63) is 53.8 Å². The average molecular weight is 476 g/mol. The fraction of sp³-hybridized carbons (Fsp3) is 0.480. The summed E-state index contributed by atoms with van der Waals surface area (Å²) in [6.07, 6.45) is -0.147. The zero-order valence-electron chi connectivity index (χ0n) is 20.2. The number of hydrogen-bond acceptors (Lipinski definition) is 6. The lowest BCUT2D eigenvalue weighted by Crippen LogP contribution is -2.48. The van der Waals surface area contributed by atoms with E-state index in [-0.39, 0.29) is 37.3 Å². The van der Waals surface area contributed by atoms with Crippen LogP contribution < -0.4 is 14.8 Å². The predicted octanol–water partition coefficient (Wildman–Crippen LogP) is 3.55. The minimum absolute atomic E-state index is 0.0165. The molecule has 1 aliphatic heterocycles. The summed E-state index contributed by atoms with van der Waals surface area (Å²) >= 11 is 0. The molecule has 0 unspecified atom stereocenters. The Morgan fingerprint density at radius 3 is 2.53 bits per heavy atom. The number of carbonyl (C=O) groups is 1. The molecule has 34 heavy (non-hydrogen) atoms. The molecule has 2 aromatic carbocycles. The molecule has 8 nitrogen and oxygen atoms in total. The number of amides is 2. The highest BCUT2D eigenvalue weighted by Crippen LogP contribution is 2.32. The minimum Gasteiger partial charge on any atom is -0.454 e. The van der Waals surface area contributed by atoms with Gasteiger partial charge in [0.25, 0.3) is 0 Å². The van der Waals surface area contributed by atoms with Gasteiger partial charge in [0.1, 0.15) is 5.82 Å². The molecule has 1 aliphatic rings. The highest BCUT2D eigenvalue weighted by Gasteiger charge is 2.27. The lowest BCUT2D eigenvalue weighted by Gasteiger charge is -2.34. The van der Waals surface area contributed by atoms with Crippen molar-refractivity contribution in [2.75, 3.05) is 46.0 Å². The number of methoxy groups -OCH3 is 1. The molecule has 1 heterocycles. The molecule has 2 aromatic rings. The summed E-state index contributed by atoms with van der Waals surface area (Å²) in [6.45, 7) is 5.60. The highest BCUT2D eigenvalue weighted by atomic mass is 19.1. The van der Waals surface area contributed by atoms with Crippen molar-refractivity contribution in [1.82, 2.24) is 9.80 Å². The fourth-order valence-corrected chi connectivity index (χ4v) is 3.93. The Bertz CT molecular complexity index is 943. The molecule has 2 N–H and O–H groups in total. The van der Waals surface area contributed by atoms with Crippen LogP contribution in [0.4, 0.5) is 14.9 Å². The molecular formula is C25H34FN3O5. The van der Waals surface area contributed by atoms with Crippen molar-refractivity contribution in [3.63, 3.8) is 0 Å². The molecule has 0 bridgehead atoms. The average Bonchev–Trinajstić information content (AvgIpc) is 3.29. The Kier molecular flexibility index (Phi) is 9.09.